The fourth-order valence-electron chi connectivity index (χ4n) is 2.33. The number of rotatable bonds is 7. The Morgan fingerprint density at radius 2 is 1.68 bits per heavy atom. The maximum absolute atomic E-state index is 12.0. The van der Waals surface area contributed by atoms with Gasteiger partial charge in [0.05, 0.1) is 6.04 Å². The first-order chi connectivity index (χ1) is 11.9. The molecular formula is C21H28N2O2. The van der Waals surface area contributed by atoms with Crippen LogP contribution < -0.4 is 15.8 Å². The highest BCUT2D eigenvalue weighted by Crippen LogP contribution is 2.17. The van der Waals surface area contributed by atoms with Crippen molar-refractivity contribution in [1.82, 2.24) is 5.32 Å². The Morgan fingerprint density at radius 1 is 1.04 bits per heavy atom. The third kappa shape index (κ3) is 6.24. The second-order valence-corrected chi connectivity index (χ2v) is 7.30. The molecule has 0 fully saturated rings. The summed E-state index contributed by atoms with van der Waals surface area (Å²) < 4.78 is 5.77. The Kier molecular flexibility index (Phi) is 6.59. The van der Waals surface area contributed by atoms with Crippen LogP contribution in [0.3, 0.4) is 0 Å². The molecule has 0 heterocycles. The molecule has 0 aliphatic heterocycles. The minimum absolute atomic E-state index is 0.102. The summed E-state index contributed by atoms with van der Waals surface area (Å²) >= 11 is 0. The number of hydrogen-bond acceptors (Lipinski definition) is 3. The standard InChI is InChI=1S/C21H28N2O2/c1-21(2,3)19(22)20(24)23-14-13-16-9-11-18(12-10-16)25-15-17-7-5-4-6-8-17/h4-12,19H,13-15,22H2,1-3H3,(H,23,24)/t19-/m1/s1. The quantitative estimate of drug-likeness (QED) is 0.813. The summed E-state index contributed by atoms with van der Waals surface area (Å²) in [6.07, 6.45) is 0.765. The molecular weight excluding hydrogens is 312 g/mol. The van der Waals surface area contributed by atoms with Crippen LogP contribution in [0.5, 0.6) is 5.75 Å². The summed E-state index contributed by atoms with van der Waals surface area (Å²) in [6.45, 7) is 7.02. The topological polar surface area (TPSA) is 64.4 Å². The lowest BCUT2D eigenvalue weighted by atomic mass is 9.87. The van der Waals surface area contributed by atoms with E-state index in [4.69, 9.17) is 10.5 Å². The van der Waals surface area contributed by atoms with E-state index in [1.54, 1.807) is 0 Å². The fraction of sp³-hybridized carbons (Fsp3) is 0.381. The second-order valence-electron chi connectivity index (χ2n) is 7.30. The molecule has 4 heteroatoms. The zero-order valence-corrected chi connectivity index (χ0v) is 15.3. The van der Waals surface area contributed by atoms with Crippen LogP contribution >= 0.6 is 0 Å². The van der Waals surface area contributed by atoms with Crippen molar-refractivity contribution in [3.63, 3.8) is 0 Å². The Bertz CT molecular complexity index is 661. The third-order valence-electron chi connectivity index (χ3n) is 4.10. The number of amides is 1. The largest absolute Gasteiger partial charge is 0.489 e. The lowest BCUT2D eigenvalue weighted by molar-refractivity contribution is -0.124. The third-order valence-corrected chi connectivity index (χ3v) is 4.10. The van der Waals surface area contributed by atoms with E-state index in [0.717, 1.165) is 23.3 Å². The van der Waals surface area contributed by atoms with Gasteiger partial charge in [0, 0.05) is 6.54 Å². The van der Waals surface area contributed by atoms with Gasteiger partial charge in [0.2, 0.25) is 5.91 Å². The normalized spacial score (nSPS) is 12.5. The lowest BCUT2D eigenvalue weighted by Crippen LogP contribution is -2.48. The molecule has 0 aliphatic carbocycles. The lowest BCUT2D eigenvalue weighted by Gasteiger charge is -2.25. The van der Waals surface area contributed by atoms with Crippen molar-refractivity contribution in [3.05, 3.63) is 65.7 Å². The summed E-state index contributed by atoms with van der Waals surface area (Å²) in [5, 5.41) is 2.90. The molecule has 4 nitrogen and oxygen atoms in total. The Labute approximate surface area is 150 Å². The summed E-state index contributed by atoms with van der Waals surface area (Å²) in [4.78, 5) is 12.0. The average molecular weight is 340 g/mol. The number of carbonyl (C=O) groups excluding carboxylic acids is 1. The highest BCUT2D eigenvalue weighted by molar-refractivity contribution is 5.82. The molecule has 0 radical (unpaired) electrons. The van der Waals surface area contributed by atoms with Gasteiger partial charge in [0.1, 0.15) is 12.4 Å². The van der Waals surface area contributed by atoms with Crippen LogP contribution in [0.25, 0.3) is 0 Å². The molecule has 3 N–H and O–H groups in total. The summed E-state index contributed by atoms with van der Waals surface area (Å²) in [5.41, 5.74) is 8.00. The highest BCUT2D eigenvalue weighted by Gasteiger charge is 2.26. The van der Waals surface area contributed by atoms with Crippen LogP contribution in [0, 0.1) is 5.41 Å². The fourth-order valence-corrected chi connectivity index (χ4v) is 2.33. The first kappa shape index (κ1) is 19.0. The van der Waals surface area contributed by atoms with Crippen molar-refractivity contribution >= 4 is 5.91 Å². The van der Waals surface area contributed by atoms with Crippen molar-refractivity contribution in [1.29, 1.82) is 0 Å². The maximum atomic E-state index is 12.0. The zero-order valence-electron chi connectivity index (χ0n) is 15.3. The second kappa shape index (κ2) is 8.67. The number of hydrogen-bond donors (Lipinski definition) is 2. The van der Waals surface area contributed by atoms with Crippen molar-refractivity contribution in [3.8, 4) is 5.75 Å². The number of benzene rings is 2. The van der Waals surface area contributed by atoms with E-state index in [9.17, 15) is 4.79 Å². The molecule has 2 aromatic rings. The molecule has 0 bridgehead atoms. The molecule has 0 saturated heterocycles. The highest BCUT2D eigenvalue weighted by atomic mass is 16.5. The molecule has 0 saturated carbocycles. The van der Waals surface area contributed by atoms with Crippen LogP contribution in [0.4, 0.5) is 0 Å². The van der Waals surface area contributed by atoms with Crippen LogP contribution in [-0.2, 0) is 17.8 Å². The minimum atomic E-state index is -0.499. The van der Waals surface area contributed by atoms with E-state index in [1.807, 2.05) is 75.4 Å². The molecule has 0 aliphatic rings. The van der Waals surface area contributed by atoms with Crippen LogP contribution in [0.2, 0.25) is 0 Å². The van der Waals surface area contributed by atoms with Gasteiger partial charge in [-0.15, -0.1) is 0 Å². The van der Waals surface area contributed by atoms with Crippen molar-refractivity contribution < 1.29 is 9.53 Å². The predicted octanol–water partition coefficient (Wildman–Crippen LogP) is 3.30. The molecule has 1 atom stereocenters. The van der Waals surface area contributed by atoms with Gasteiger partial charge in [0.15, 0.2) is 0 Å². The number of carbonyl (C=O) groups is 1. The first-order valence-electron chi connectivity index (χ1n) is 8.65. The van der Waals surface area contributed by atoms with Gasteiger partial charge < -0.3 is 15.8 Å². The predicted molar refractivity (Wildman–Crippen MR) is 101 cm³/mol. The van der Waals surface area contributed by atoms with Crippen molar-refractivity contribution in [2.45, 2.75) is 39.8 Å². The summed E-state index contributed by atoms with van der Waals surface area (Å²) in [7, 11) is 0. The molecule has 2 rings (SSSR count). The van der Waals surface area contributed by atoms with E-state index in [1.165, 1.54) is 0 Å². The van der Waals surface area contributed by atoms with Gasteiger partial charge in [-0.1, -0.05) is 63.2 Å². The monoisotopic (exact) mass is 340 g/mol. The van der Waals surface area contributed by atoms with E-state index < -0.39 is 6.04 Å². The van der Waals surface area contributed by atoms with Gasteiger partial charge in [-0.3, -0.25) is 4.79 Å². The van der Waals surface area contributed by atoms with Gasteiger partial charge in [-0.25, -0.2) is 0 Å². The van der Waals surface area contributed by atoms with Gasteiger partial charge in [-0.05, 0) is 35.1 Å². The van der Waals surface area contributed by atoms with Crippen molar-refractivity contribution in [2.24, 2.45) is 11.1 Å². The number of nitrogens with two attached hydrogens (primary N) is 1. The molecule has 0 unspecified atom stereocenters. The van der Waals surface area contributed by atoms with Crippen LogP contribution in [0.15, 0.2) is 54.6 Å². The molecule has 134 valence electrons. The van der Waals surface area contributed by atoms with Gasteiger partial charge in [-0.2, -0.15) is 0 Å². The molecule has 25 heavy (non-hydrogen) atoms. The van der Waals surface area contributed by atoms with Gasteiger partial charge in [0.25, 0.3) is 0 Å². The molecule has 0 spiro atoms. The number of nitrogens with one attached hydrogen (secondary N) is 1. The number of ether oxygens (including phenoxy) is 1. The molecule has 2 aromatic carbocycles. The van der Waals surface area contributed by atoms with Crippen LogP contribution in [0.1, 0.15) is 31.9 Å². The maximum Gasteiger partial charge on any atom is 0.237 e. The minimum Gasteiger partial charge on any atom is -0.489 e. The summed E-state index contributed by atoms with van der Waals surface area (Å²) in [5.74, 6) is 0.738. The van der Waals surface area contributed by atoms with E-state index in [2.05, 4.69) is 5.32 Å². The van der Waals surface area contributed by atoms with E-state index in [-0.39, 0.29) is 11.3 Å². The smallest absolute Gasteiger partial charge is 0.237 e. The van der Waals surface area contributed by atoms with Crippen LogP contribution in [-0.4, -0.2) is 18.5 Å². The average Bonchev–Trinajstić information content (AvgIpc) is 2.60. The molecule has 0 aromatic heterocycles. The Hall–Kier alpha value is -2.33. The SMILES string of the molecule is CC(C)(C)[C@H](N)C(=O)NCCc1ccc(OCc2ccccc2)cc1. The van der Waals surface area contributed by atoms with Gasteiger partial charge >= 0.3 is 0 Å². The zero-order chi connectivity index (χ0) is 18.3. The Balaban J connectivity index is 1.76. The molecule has 1 amide bonds. The van der Waals surface area contributed by atoms with E-state index >= 15 is 0 Å². The van der Waals surface area contributed by atoms with E-state index in [0.29, 0.717) is 13.2 Å². The Morgan fingerprint density at radius 3 is 2.28 bits per heavy atom. The summed E-state index contributed by atoms with van der Waals surface area (Å²) in [6, 6.07) is 17.5. The first-order valence-corrected chi connectivity index (χ1v) is 8.65. The van der Waals surface area contributed by atoms with Crippen molar-refractivity contribution in [2.75, 3.05) is 6.54 Å².